The molecule has 0 amide bonds. The van der Waals surface area contributed by atoms with E-state index in [1.165, 1.54) is 12.8 Å². The van der Waals surface area contributed by atoms with Gasteiger partial charge in [0.1, 0.15) is 5.60 Å². The molecule has 31 heavy (non-hydrogen) atoms. The molecule has 0 bridgehead atoms. The van der Waals surface area contributed by atoms with Crippen molar-refractivity contribution in [1.82, 2.24) is 0 Å². The minimum absolute atomic E-state index is 0.0174. The number of hydrogen-bond acceptors (Lipinski definition) is 3. The van der Waals surface area contributed by atoms with E-state index in [4.69, 9.17) is 9.16 Å². The van der Waals surface area contributed by atoms with Gasteiger partial charge in [-0.1, -0.05) is 53.7 Å². The van der Waals surface area contributed by atoms with E-state index >= 15 is 0 Å². The Morgan fingerprint density at radius 2 is 1.90 bits per heavy atom. The highest BCUT2D eigenvalue weighted by Crippen LogP contribution is 2.63. The highest BCUT2D eigenvalue weighted by Gasteiger charge is 2.59. The van der Waals surface area contributed by atoms with Crippen LogP contribution in [0, 0.1) is 22.7 Å². The van der Waals surface area contributed by atoms with Crippen molar-refractivity contribution in [2.75, 3.05) is 6.61 Å². The molecule has 0 aromatic rings. The summed E-state index contributed by atoms with van der Waals surface area (Å²) < 4.78 is 13.2. The molecule has 0 aromatic heterocycles. The molecule has 0 spiro atoms. The van der Waals surface area contributed by atoms with E-state index in [-0.39, 0.29) is 28.3 Å². The van der Waals surface area contributed by atoms with Crippen molar-refractivity contribution in [2.45, 2.75) is 110 Å². The number of ketones is 1. The number of epoxide rings is 1. The highest BCUT2D eigenvalue weighted by molar-refractivity contribution is 6.73. The first-order chi connectivity index (χ1) is 14.6. The Morgan fingerprint density at radius 1 is 1.29 bits per heavy atom. The van der Waals surface area contributed by atoms with Crippen molar-refractivity contribution < 1.29 is 14.0 Å². The summed E-state index contributed by atoms with van der Waals surface area (Å²) in [6, 6.07) is 3.44. The van der Waals surface area contributed by atoms with Gasteiger partial charge in [0.25, 0.3) is 0 Å². The summed E-state index contributed by atoms with van der Waals surface area (Å²) in [7, 11) is -1.79. The minimum Gasteiger partial charge on any atom is -0.411 e. The summed E-state index contributed by atoms with van der Waals surface area (Å²) in [5.74, 6) is 1.37. The number of rotatable bonds is 10. The molecule has 0 unspecified atom stereocenters. The number of carbonyl (C=O) groups is 1. The lowest BCUT2D eigenvalue weighted by atomic mass is 9.46. The molecule has 0 N–H and O–H groups in total. The molecule has 2 aliphatic carbocycles. The molecule has 3 aliphatic rings. The first-order valence-electron chi connectivity index (χ1n) is 12.7. The van der Waals surface area contributed by atoms with Crippen LogP contribution < -0.4 is 0 Å². The molecule has 3 nitrogen and oxygen atoms in total. The standard InChI is InChI=1S/C27H46O3Si/c1-9-27(19-29-27)24(30-31(10-2,11-3)12-4)18-26(8)20(5)16-17-25(7)22(21(6)28)14-13-15-23(25)26/h9,14,20,23-24H,1,10-13,15-19H2,2-8H3/t20-,23-,24-,25-,26-,27+/m1/s1. The highest BCUT2D eigenvalue weighted by atomic mass is 28.4. The van der Waals surface area contributed by atoms with Crippen LogP contribution in [0.15, 0.2) is 24.3 Å². The molecule has 1 heterocycles. The van der Waals surface area contributed by atoms with Gasteiger partial charge in [-0.3, -0.25) is 4.79 Å². The molecular formula is C27H46O3Si. The van der Waals surface area contributed by atoms with Gasteiger partial charge < -0.3 is 9.16 Å². The zero-order chi connectivity index (χ0) is 23.1. The molecule has 1 saturated heterocycles. The van der Waals surface area contributed by atoms with Crippen molar-refractivity contribution in [2.24, 2.45) is 22.7 Å². The average molecular weight is 447 g/mol. The maximum atomic E-state index is 12.6. The fourth-order valence-electron chi connectivity index (χ4n) is 7.11. The average Bonchev–Trinajstić information content (AvgIpc) is 3.55. The minimum atomic E-state index is -1.79. The second-order valence-corrected chi connectivity index (χ2v) is 15.9. The second-order valence-electron chi connectivity index (χ2n) is 11.2. The fourth-order valence-corrected chi connectivity index (χ4v) is 10.00. The molecule has 2 fully saturated rings. The van der Waals surface area contributed by atoms with Gasteiger partial charge in [0.2, 0.25) is 0 Å². The van der Waals surface area contributed by atoms with Crippen molar-refractivity contribution in [3.63, 3.8) is 0 Å². The summed E-state index contributed by atoms with van der Waals surface area (Å²) in [4.78, 5) is 12.6. The fraction of sp³-hybridized carbons (Fsp3) is 0.815. The molecule has 6 atom stereocenters. The molecule has 0 aromatic carbocycles. The van der Waals surface area contributed by atoms with E-state index in [1.807, 2.05) is 6.08 Å². The number of fused-ring (bicyclic) bond motifs is 1. The molecule has 3 rings (SSSR count). The van der Waals surface area contributed by atoms with Gasteiger partial charge in [-0.15, -0.1) is 6.58 Å². The number of allylic oxidation sites excluding steroid dienone is 2. The number of hydrogen-bond donors (Lipinski definition) is 0. The van der Waals surface area contributed by atoms with Gasteiger partial charge in [-0.05, 0) is 85.4 Å². The SMILES string of the molecule is C=C[C@@]1([C@@H](C[C@]2(C)[C@H](C)CC[C@]3(C)C(C(C)=O)=CCC[C@@H]23)O[Si](CC)(CC)CC)CO1. The molecule has 4 heteroatoms. The summed E-state index contributed by atoms with van der Waals surface area (Å²) in [5.41, 5.74) is 0.864. The smallest absolute Gasteiger partial charge is 0.192 e. The van der Waals surface area contributed by atoms with E-state index in [0.717, 1.165) is 49.6 Å². The Morgan fingerprint density at radius 3 is 2.39 bits per heavy atom. The third-order valence-corrected chi connectivity index (χ3v) is 14.6. The van der Waals surface area contributed by atoms with Gasteiger partial charge in [0, 0.05) is 0 Å². The van der Waals surface area contributed by atoms with E-state index in [9.17, 15) is 4.79 Å². The van der Waals surface area contributed by atoms with Crippen LogP contribution in [0.1, 0.15) is 80.6 Å². The predicted octanol–water partition coefficient (Wildman–Crippen LogP) is 7.09. The van der Waals surface area contributed by atoms with Gasteiger partial charge in [0.05, 0.1) is 12.7 Å². The summed E-state index contributed by atoms with van der Waals surface area (Å²) >= 11 is 0. The van der Waals surface area contributed by atoms with Crippen molar-refractivity contribution in [1.29, 1.82) is 0 Å². The number of ether oxygens (including phenoxy) is 1. The van der Waals surface area contributed by atoms with Crippen LogP contribution in [0.2, 0.25) is 18.1 Å². The Hall–Kier alpha value is -0.713. The number of carbonyl (C=O) groups excluding carboxylic acids is 1. The van der Waals surface area contributed by atoms with Crippen LogP contribution in [-0.2, 0) is 14.0 Å². The third kappa shape index (κ3) is 4.17. The summed E-state index contributed by atoms with van der Waals surface area (Å²) in [6.45, 7) is 20.8. The topological polar surface area (TPSA) is 38.8 Å². The van der Waals surface area contributed by atoms with Crippen molar-refractivity contribution in [3.05, 3.63) is 24.3 Å². The van der Waals surface area contributed by atoms with Gasteiger partial charge >= 0.3 is 0 Å². The molecule has 0 radical (unpaired) electrons. The lowest BCUT2D eigenvalue weighted by Crippen LogP contribution is -2.54. The lowest BCUT2D eigenvalue weighted by Gasteiger charge is -2.59. The van der Waals surface area contributed by atoms with Crippen LogP contribution in [0.25, 0.3) is 0 Å². The van der Waals surface area contributed by atoms with Crippen LogP contribution in [0.5, 0.6) is 0 Å². The maximum absolute atomic E-state index is 12.6. The van der Waals surface area contributed by atoms with E-state index in [0.29, 0.717) is 11.8 Å². The lowest BCUT2D eigenvalue weighted by molar-refractivity contribution is -0.119. The first-order valence-corrected chi connectivity index (χ1v) is 15.3. The molecule has 176 valence electrons. The summed E-state index contributed by atoms with van der Waals surface area (Å²) in [5, 5.41) is 0. The quantitative estimate of drug-likeness (QED) is 0.204. The van der Waals surface area contributed by atoms with Crippen LogP contribution >= 0.6 is 0 Å². The number of Topliss-reactive ketones (excluding diaryl/α,β-unsaturated/α-hetero) is 1. The Balaban J connectivity index is 1.98. The second kappa shape index (κ2) is 8.91. The van der Waals surface area contributed by atoms with E-state index in [1.54, 1.807) is 6.92 Å². The molecule has 1 aliphatic heterocycles. The Kier molecular flexibility index (Phi) is 7.16. The third-order valence-electron chi connectivity index (χ3n) is 9.90. The zero-order valence-corrected chi connectivity index (χ0v) is 22.2. The predicted molar refractivity (Wildman–Crippen MR) is 132 cm³/mol. The van der Waals surface area contributed by atoms with Gasteiger partial charge in [0.15, 0.2) is 14.1 Å². The first kappa shape index (κ1) is 24.9. The molecular weight excluding hydrogens is 400 g/mol. The van der Waals surface area contributed by atoms with Crippen LogP contribution in [-0.4, -0.2) is 32.4 Å². The Bertz CT molecular complexity index is 712. The monoisotopic (exact) mass is 446 g/mol. The van der Waals surface area contributed by atoms with Gasteiger partial charge in [-0.2, -0.15) is 0 Å². The Labute approximate surface area is 192 Å². The molecule has 1 saturated carbocycles. The normalized spacial score (nSPS) is 38.7. The maximum Gasteiger partial charge on any atom is 0.192 e. The van der Waals surface area contributed by atoms with Crippen LogP contribution in [0.4, 0.5) is 0 Å². The van der Waals surface area contributed by atoms with Crippen LogP contribution in [0.3, 0.4) is 0 Å². The summed E-state index contributed by atoms with van der Waals surface area (Å²) in [6.07, 6.45) is 9.78. The van der Waals surface area contributed by atoms with Gasteiger partial charge in [-0.25, -0.2) is 0 Å². The zero-order valence-electron chi connectivity index (χ0n) is 21.2. The van der Waals surface area contributed by atoms with E-state index < -0.39 is 8.32 Å². The van der Waals surface area contributed by atoms with Crippen molar-refractivity contribution >= 4 is 14.1 Å². The van der Waals surface area contributed by atoms with E-state index in [2.05, 4.69) is 54.2 Å². The van der Waals surface area contributed by atoms with Crippen molar-refractivity contribution in [3.8, 4) is 0 Å². The largest absolute Gasteiger partial charge is 0.411 e.